The second kappa shape index (κ2) is 6.57. The van der Waals surface area contributed by atoms with Crippen LogP contribution in [-0.4, -0.2) is 16.4 Å². The molecule has 0 aliphatic rings. The summed E-state index contributed by atoms with van der Waals surface area (Å²) >= 11 is 0. The van der Waals surface area contributed by atoms with Gasteiger partial charge in [-0.15, -0.1) is 0 Å². The first kappa shape index (κ1) is 14.6. The average Bonchev–Trinajstić information content (AvgIpc) is 2.91. The lowest BCUT2D eigenvalue weighted by Gasteiger charge is -2.14. The highest BCUT2D eigenvalue weighted by molar-refractivity contribution is 5.33. The molecule has 108 valence electrons. The molecule has 0 fully saturated rings. The molecule has 2 N–H and O–H groups in total. The van der Waals surface area contributed by atoms with Crippen molar-refractivity contribution in [3.8, 4) is 5.75 Å². The summed E-state index contributed by atoms with van der Waals surface area (Å²) < 4.78 is 7.44. The maximum absolute atomic E-state index is 6.38. The van der Waals surface area contributed by atoms with Gasteiger partial charge in [-0.2, -0.15) is 5.10 Å². The third-order valence-corrected chi connectivity index (χ3v) is 3.39. The maximum Gasteiger partial charge on any atom is 0.119 e. The number of hydrogen-bond donors (Lipinski definition) is 1. The van der Waals surface area contributed by atoms with Gasteiger partial charge in [-0.3, -0.25) is 4.68 Å². The normalized spacial score (nSPS) is 12.4. The number of aromatic nitrogens is 2. The van der Waals surface area contributed by atoms with Crippen molar-refractivity contribution in [3.05, 3.63) is 47.3 Å². The van der Waals surface area contributed by atoms with Crippen molar-refractivity contribution in [2.24, 2.45) is 5.73 Å². The van der Waals surface area contributed by atoms with Crippen LogP contribution in [0.1, 0.15) is 43.8 Å². The van der Waals surface area contributed by atoms with Crippen molar-refractivity contribution < 1.29 is 4.74 Å². The Bertz CT molecular complexity index is 545. The zero-order valence-corrected chi connectivity index (χ0v) is 12.5. The van der Waals surface area contributed by atoms with E-state index < -0.39 is 0 Å². The quantitative estimate of drug-likeness (QED) is 0.880. The van der Waals surface area contributed by atoms with Crippen molar-refractivity contribution in [2.45, 2.75) is 39.8 Å². The number of nitrogens with two attached hydrogens (primary N) is 1. The van der Waals surface area contributed by atoms with Gasteiger partial charge in [0.1, 0.15) is 5.75 Å². The third kappa shape index (κ3) is 3.02. The number of ether oxygens (including phenoxy) is 1. The van der Waals surface area contributed by atoms with Crippen LogP contribution in [0.5, 0.6) is 5.75 Å². The van der Waals surface area contributed by atoms with E-state index in [0.29, 0.717) is 6.61 Å². The van der Waals surface area contributed by atoms with Crippen molar-refractivity contribution in [3.63, 3.8) is 0 Å². The number of aryl methyl sites for hydroxylation is 2. The van der Waals surface area contributed by atoms with Crippen LogP contribution in [0.3, 0.4) is 0 Å². The molecule has 0 amide bonds. The summed E-state index contributed by atoms with van der Waals surface area (Å²) in [4.78, 5) is 0. The van der Waals surface area contributed by atoms with Crippen LogP contribution in [0.15, 0.2) is 30.3 Å². The van der Waals surface area contributed by atoms with Crippen molar-refractivity contribution in [1.82, 2.24) is 9.78 Å². The zero-order chi connectivity index (χ0) is 14.5. The fourth-order valence-electron chi connectivity index (χ4n) is 2.27. The van der Waals surface area contributed by atoms with Gasteiger partial charge in [0, 0.05) is 6.54 Å². The van der Waals surface area contributed by atoms with Crippen molar-refractivity contribution in [1.29, 1.82) is 0 Å². The van der Waals surface area contributed by atoms with E-state index in [-0.39, 0.29) is 6.04 Å². The van der Waals surface area contributed by atoms with Gasteiger partial charge < -0.3 is 10.5 Å². The molecular formula is C16H23N3O. The van der Waals surface area contributed by atoms with Crippen LogP contribution in [0, 0.1) is 0 Å². The lowest BCUT2D eigenvalue weighted by molar-refractivity contribution is 0.340. The molecule has 0 spiro atoms. The maximum atomic E-state index is 6.38. The van der Waals surface area contributed by atoms with Crippen molar-refractivity contribution in [2.75, 3.05) is 6.61 Å². The first-order valence-corrected chi connectivity index (χ1v) is 7.24. The Balaban J connectivity index is 2.25. The molecule has 4 heteroatoms. The molecule has 1 aromatic carbocycles. The number of nitrogens with zero attached hydrogens (tertiary/aromatic N) is 2. The molecule has 0 aliphatic heterocycles. The van der Waals surface area contributed by atoms with Crippen LogP contribution in [0.2, 0.25) is 0 Å². The van der Waals surface area contributed by atoms with Crippen LogP contribution in [0.4, 0.5) is 0 Å². The number of rotatable bonds is 6. The molecule has 2 rings (SSSR count). The standard InChI is InChI=1S/C16H23N3O/c1-4-13-11-15(19(5-2)18-13)16(17)12-7-9-14(10-8-12)20-6-3/h7-11,16H,4-6,17H2,1-3H3. The monoisotopic (exact) mass is 273 g/mol. The highest BCUT2D eigenvalue weighted by Gasteiger charge is 2.15. The first-order valence-electron chi connectivity index (χ1n) is 7.24. The van der Waals surface area contributed by atoms with Gasteiger partial charge in [0.05, 0.1) is 24.0 Å². The number of benzene rings is 1. The molecule has 1 heterocycles. The van der Waals surface area contributed by atoms with Gasteiger partial charge in [0.15, 0.2) is 0 Å². The Morgan fingerprint density at radius 2 is 1.90 bits per heavy atom. The van der Waals surface area contributed by atoms with E-state index in [1.165, 1.54) is 0 Å². The van der Waals surface area contributed by atoms with Gasteiger partial charge in [-0.05, 0) is 44.0 Å². The molecule has 0 radical (unpaired) electrons. The molecule has 0 bridgehead atoms. The van der Waals surface area contributed by atoms with Gasteiger partial charge >= 0.3 is 0 Å². The summed E-state index contributed by atoms with van der Waals surface area (Å²) in [6.07, 6.45) is 0.927. The summed E-state index contributed by atoms with van der Waals surface area (Å²) in [5, 5.41) is 4.55. The van der Waals surface area contributed by atoms with Gasteiger partial charge in [0.25, 0.3) is 0 Å². The first-order chi connectivity index (χ1) is 9.69. The topological polar surface area (TPSA) is 53.1 Å². The molecule has 20 heavy (non-hydrogen) atoms. The molecule has 2 aromatic rings. The Morgan fingerprint density at radius 3 is 2.45 bits per heavy atom. The molecule has 0 aliphatic carbocycles. The second-order valence-corrected chi connectivity index (χ2v) is 4.71. The van der Waals surface area contributed by atoms with Crippen LogP contribution < -0.4 is 10.5 Å². The molecule has 4 nitrogen and oxygen atoms in total. The minimum absolute atomic E-state index is 0.154. The van der Waals surface area contributed by atoms with E-state index in [4.69, 9.17) is 10.5 Å². The van der Waals surface area contributed by atoms with Gasteiger partial charge in [-0.1, -0.05) is 19.1 Å². The van der Waals surface area contributed by atoms with Gasteiger partial charge in [0.2, 0.25) is 0 Å². The Kier molecular flexibility index (Phi) is 4.79. The SMILES string of the molecule is CCOc1ccc(C(N)c2cc(CC)nn2CC)cc1. The molecule has 0 saturated heterocycles. The fraction of sp³-hybridized carbons (Fsp3) is 0.438. The number of hydrogen-bond acceptors (Lipinski definition) is 3. The highest BCUT2D eigenvalue weighted by Crippen LogP contribution is 2.23. The summed E-state index contributed by atoms with van der Waals surface area (Å²) in [5.41, 5.74) is 9.61. The molecule has 1 atom stereocenters. The predicted molar refractivity (Wildman–Crippen MR) is 80.9 cm³/mol. The van der Waals surface area contributed by atoms with Gasteiger partial charge in [-0.25, -0.2) is 0 Å². The van der Waals surface area contributed by atoms with E-state index in [9.17, 15) is 0 Å². The van der Waals surface area contributed by atoms with E-state index in [0.717, 1.165) is 35.7 Å². The predicted octanol–water partition coefficient (Wildman–Crippen LogP) is 2.91. The molecule has 1 unspecified atom stereocenters. The lowest BCUT2D eigenvalue weighted by Crippen LogP contribution is -2.17. The van der Waals surface area contributed by atoms with E-state index in [1.54, 1.807) is 0 Å². The minimum Gasteiger partial charge on any atom is -0.494 e. The van der Waals surface area contributed by atoms with E-state index in [2.05, 4.69) is 25.0 Å². The van der Waals surface area contributed by atoms with Crippen LogP contribution >= 0.6 is 0 Å². The molecular weight excluding hydrogens is 250 g/mol. The summed E-state index contributed by atoms with van der Waals surface area (Å²) in [6, 6.07) is 9.92. The Hall–Kier alpha value is -1.81. The highest BCUT2D eigenvalue weighted by atomic mass is 16.5. The zero-order valence-electron chi connectivity index (χ0n) is 12.5. The summed E-state index contributed by atoms with van der Waals surface area (Å²) in [7, 11) is 0. The lowest BCUT2D eigenvalue weighted by atomic mass is 10.0. The van der Waals surface area contributed by atoms with E-state index >= 15 is 0 Å². The molecule has 1 aromatic heterocycles. The average molecular weight is 273 g/mol. The summed E-state index contributed by atoms with van der Waals surface area (Å²) in [6.45, 7) is 7.68. The summed E-state index contributed by atoms with van der Waals surface area (Å²) in [5.74, 6) is 0.877. The second-order valence-electron chi connectivity index (χ2n) is 4.71. The van der Waals surface area contributed by atoms with Crippen LogP contribution in [-0.2, 0) is 13.0 Å². The van der Waals surface area contributed by atoms with Crippen molar-refractivity contribution >= 4 is 0 Å². The third-order valence-electron chi connectivity index (χ3n) is 3.39. The smallest absolute Gasteiger partial charge is 0.119 e. The Labute approximate surface area is 120 Å². The largest absolute Gasteiger partial charge is 0.494 e. The van der Waals surface area contributed by atoms with Crippen LogP contribution in [0.25, 0.3) is 0 Å². The van der Waals surface area contributed by atoms with E-state index in [1.807, 2.05) is 35.9 Å². The minimum atomic E-state index is -0.154. The molecule has 0 saturated carbocycles. The Morgan fingerprint density at radius 1 is 1.20 bits per heavy atom. The fourth-order valence-corrected chi connectivity index (χ4v) is 2.27.